The third-order valence-electron chi connectivity index (χ3n) is 5.78. The summed E-state index contributed by atoms with van der Waals surface area (Å²) in [5, 5.41) is 6.43. The van der Waals surface area contributed by atoms with Crippen molar-refractivity contribution in [3.63, 3.8) is 0 Å². The van der Waals surface area contributed by atoms with Crippen LogP contribution in [0.3, 0.4) is 0 Å². The molecule has 164 valence electrons. The van der Waals surface area contributed by atoms with E-state index in [2.05, 4.69) is 37.6 Å². The smallest absolute Gasteiger partial charge is 0.237 e. The molecule has 3 rings (SSSR count). The highest BCUT2D eigenvalue weighted by Crippen LogP contribution is 2.19. The summed E-state index contributed by atoms with van der Waals surface area (Å²) in [4.78, 5) is 21.4. The van der Waals surface area contributed by atoms with E-state index in [-0.39, 0.29) is 24.4 Å². The van der Waals surface area contributed by atoms with Crippen LogP contribution in [0, 0.1) is 5.92 Å². The van der Waals surface area contributed by atoms with E-state index in [4.69, 9.17) is 4.74 Å². The lowest BCUT2D eigenvalue weighted by Gasteiger charge is -2.33. The standard InChI is InChI=1S/C21H35N5O2.ClH/c1-25(11-12-28-2)20-8-7-18(13-23-20)16-26-10-4-5-17(15-26)14-24-21(27)19-6-3-9-22-19;/h7-8,13,17,19,22H,3-6,9-12,14-16H2,1-2H3,(H,24,27);1H. The number of hydrogen-bond acceptors (Lipinski definition) is 6. The Labute approximate surface area is 181 Å². The third kappa shape index (κ3) is 7.41. The maximum Gasteiger partial charge on any atom is 0.237 e. The molecule has 1 aromatic heterocycles. The lowest BCUT2D eigenvalue weighted by molar-refractivity contribution is -0.123. The van der Waals surface area contributed by atoms with Gasteiger partial charge < -0.3 is 20.3 Å². The van der Waals surface area contributed by atoms with Gasteiger partial charge in [-0.25, -0.2) is 4.98 Å². The number of ether oxygens (including phenoxy) is 1. The van der Waals surface area contributed by atoms with Crippen molar-refractivity contribution in [2.45, 2.75) is 38.3 Å². The van der Waals surface area contributed by atoms with Gasteiger partial charge in [-0.1, -0.05) is 6.07 Å². The number of carbonyl (C=O) groups excluding carboxylic acids is 1. The number of nitrogens with one attached hydrogen (secondary N) is 2. The van der Waals surface area contributed by atoms with E-state index in [0.29, 0.717) is 12.5 Å². The van der Waals surface area contributed by atoms with E-state index in [1.54, 1.807) is 7.11 Å². The first-order valence-corrected chi connectivity index (χ1v) is 10.5. The summed E-state index contributed by atoms with van der Waals surface area (Å²) in [6.45, 7) is 6.35. The Morgan fingerprint density at radius 2 is 2.24 bits per heavy atom. The summed E-state index contributed by atoms with van der Waals surface area (Å²) < 4.78 is 5.13. The number of methoxy groups -OCH3 is 1. The molecule has 2 saturated heterocycles. The number of hydrogen-bond donors (Lipinski definition) is 2. The average molecular weight is 426 g/mol. The van der Waals surface area contributed by atoms with Gasteiger partial charge in [0.1, 0.15) is 5.82 Å². The lowest BCUT2D eigenvalue weighted by atomic mass is 9.97. The summed E-state index contributed by atoms with van der Waals surface area (Å²) in [5.74, 6) is 1.68. The van der Waals surface area contributed by atoms with E-state index < -0.39 is 0 Å². The van der Waals surface area contributed by atoms with Crippen LogP contribution in [0.4, 0.5) is 5.82 Å². The topological polar surface area (TPSA) is 69.7 Å². The minimum absolute atomic E-state index is 0. The summed E-state index contributed by atoms with van der Waals surface area (Å²) >= 11 is 0. The van der Waals surface area contributed by atoms with Crippen LogP contribution in [0.2, 0.25) is 0 Å². The number of anilines is 1. The first-order chi connectivity index (χ1) is 13.7. The van der Waals surface area contributed by atoms with Gasteiger partial charge >= 0.3 is 0 Å². The molecule has 0 radical (unpaired) electrons. The molecule has 3 heterocycles. The minimum atomic E-state index is 0. The largest absolute Gasteiger partial charge is 0.383 e. The number of amides is 1. The number of likely N-dealkylation sites (N-methyl/N-ethyl adjacent to an activating group) is 1. The number of rotatable bonds is 9. The van der Waals surface area contributed by atoms with Crippen molar-refractivity contribution < 1.29 is 9.53 Å². The molecule has 0 saturated carbocycles. The molecule has 7 nitrogen and oxygen atoms in total. The van der Waals surface area contributed by atoms with Crippen LogP contribution >= 0.6 is 12.4 Å². The van der Waals surface area contributed by atoms with Crippen molar-refractivity contribution in [3.8, 4) is 0 Å². The Morgan fingerprint density at radius 3 is 2.93 bits per heavy atom. The zero-order chi connectivity index (χ0) is 19.8. The highest BCUT2D eigenvalue weighted by atomic mass is 35.5. The van der Waals surface area contributed by atoms with E-state index >= 15 is 0 Å². The molecule has 29 heavy (non-hydrogen) atoms. The van der Waals surface area contributed by atoms with Gasteiger partial charge in [0.05, 0.1) is 12.6 Å². The fraction of sp³-hybridized carbons (Fsp3) is 0.714. The van der Waals surface area contributed by atoms with Crippen LogP contribution in [0.1, 0.15) is 31.2 Å². The first-order valence-electron chi connectivity index (χ1n) is 10.5. The molecule has 2 atom stereocenters. The zero-order valence-electron chi connectivity index (χ0n) is 17.7. The Kier molecular flexibility index (Phi) is 10.1. The van der Waals surface area contributed by atoms with Gasteiger partial charge in [0.2, 0.25) is 5.91 Å². The van der Waals surface area contributed by atoms with Crippen molar-refractivity contribution in [2.24, 2.45) is 5.92 Å². The predicted octanol–water partition coefficient (Wildman–Crippen LogP) is 1.67. The van der Waals surface area contributed by atoms with Crippen LogP contribution in [-0.2, 0) is 16.1 Å². The summed E-state index contributed by atoms with van der Waals surface area (Å²) in [5.41, 5.74) is 1.24. The molecular weight excluding hydrogens is 390 g/mol. The van der Waals surface area contributed by atoms with E-state index in [1.807, 2.05) is 13.2 Å². The number of likely N-dealkylation sites (tertiary alicyclic amines) is 1. The van der Waals surface area contributed by atoms with Crippen LogP contribution in [0.25, 0.3) is 0 Å². The van der Waals surface area contributed by atoms with Gasteiger partial charge in [-0.2, -0.15) is 0 Å². The van der Waals surface area contributed by atoms with Crippen molar-refractivity contribution >= 4 is 24.1 Å². The van der Waals surface area contributed by atoms with E-state index in [1.165, 1.54) is 18.4 Å². The van der Waals surface area contributed by atoms with E-state index in [9.17, 15) is 4.79 Å². The average Bonchev–Trinajstić information content (AvgIpc) is 3.26. The monoisotopic (exact) mass is 425 g/mol. The summed E-state index contributed by atoms with van der Waals surface area (Å²) in [7, 11) is 3.75. The normalized spacial score (nSPS) is 22.1. The fourth-order valence-corrected chi connectivity index (χ4v) is 4.07. The molecule has 1 aromatic rings. The van der Waals surface area contributed by atoms with Crippen molar-refractivity contribution in [1.82, 2.24) is 20.5 Å². The predicted molar refractivity (Wildman–Crippen MR) is 119 cm³/mol. The number of nitrogens with zero attached hydrogens (tertiary/aromatic N) is 3. The molecule has 0 aromatic carbocycles. The SMILES string of the molecule is COCCN(C)c1ccc(CN2CCCC(CNC(=O)C3CCCN3)C2)cn1.Cl. The Hall–Kier alpha value is -1.41. The fourth-order valence-electron chi connectivity index (χ4n) is 4.07. The van der Waals surface area contributed by atoms with E-state index in [0.717, 1.165) is 57.9 Å². The quantitative estimate of drug-likeness (QED) is 0.627. The molecule has 2 N–H and O–H groups in total. The Balaban J connectivity index is 0.00000300. The number of halogens is 1. The van der Waals surface area contributed by atoms with Crippen LogP contribution in [0.5, 0.6) is 0 Å². The van der Waals surface area contributed by atoms with Gasteiger partial charge in [0, 0.05) is 46.5 Å². The number of carbonyl (C=O) groups is 1. The van der Waals surface area contributed by atoms with Crippen LogP contribution in [-0.4, -0.2) is 75.3 Å². The molecule has 0 bridgehead atoms. The number of pyridine rings is 1. The second kappa shape index (κ2) is 12.3. The maximum absolute atomic E-state index is 12.2. The number of aromatic nitrogens is 1. The summed E-state index contributed by atoms with van der Waals surface area (Å²) in [6, 6.07) is 4.27. The second-order valence-electron chi connectivity index (χ2n) is 8.08. The third-order valence-corrected chi connectivity index (χ3v) is 5.78. The first kappa shape index (κ1) is 23.9. The van der Waals surface area contributed by atoms with Crippen molar-refractivity contribution in [1.29, 1.82) is 0 Å². The maximum atomic E-state index is 12.2. The molecule has 2 aliphatic rings. The van der Waals surface area contributed by atoms with Gasteiger partial charge in [0.15, 0.2) is 0 Å². The van der Waals surface area contributed by atoms with Gasteiger partial charge in [-0.3, -0.25) is 9.69 Å². The zero-order valence-corrected chi connectivity index (χ0v) is 18.5. The number of piperidine rings is 1. The Morgan fingerprint density at radius 1 is 1.38 bits per heavy atom. The molecule has 2 aliphatic heterocycles. The second-order valence-corrected chi connectivity index (χ2v) is 8.08. The molecular formula is C21H36ClN5O2. The molecule has 2 unspecified atom stereocenters. The highest BCUT2D eigenvalue weighted by Gasteiger charge is 2.24. The molecule has 8 heteroatoms. The minimum Gasteiger partial charge on any atom is -0.383 e. The summed E-state index contributed by atoms with van der Waals surface area (Å²) in [6.07, 6.45) is 6.43. The molecule has 1 amide bonds. The van der Waals surface area contributed by atoms with Crippen LogP contribution < -0.4 is 15.5 Å². The van der Waals surface area contributed by atoms with Gasteiger partial charge in [0.25, 0.3) is 0 Å². The molecule has 0 spiro atoms. The van der Waals surface area contributed by atoms with Gasteiger partial charge in [-0.15, -0.1) is 12.4 Å². The van der Waals surface area contributed by atoms with Crippen LogP contribution in [0.15, 0.2) is 18.3 Å². The molecule has 0 aliphatic carbocycles. The molecule has 2 fully saturated rings. The van der Waals surface area contributed by atoms with Crippen molar-refractivity contribution in [2.75, 3.05) is 58.4 Å². The van der Waals surface area contributed by atoms with Crippen molar-refractivity contribution in [3.05, 3.63) is 23.9 Å². The highest BCUT2D eigenvalue weighted by molar-refractivity contribution is 5.85. The van der Waals surface area contributed by atoms with Gasteiger partial charge in [-0.05, 0) is 56.3 Å². The lowest BCUT2D eigenvalue weighted by Crippen LogP contribution is -2.45. The Bertz CT molecular complexity index is 610.